The fourth-order valence-electron chi connectivity index (χ4n) is 2.40. The number of methoxy groups -OCH3 is 1. The molecule has 27 heavy (non-hydrogen) atoms. The molecule has 0 aromatic heterocycles. The fourth-order valence-corrected chi connectivity index (χ4v) is 3.35. The number of rotatable bonds is 9. The zero-order valence-corrected chi connectivity index (χ0v) is 16.9. The van der Waals surface area contributed by atoms with Crippen LogP contribution in [0.15, 0.2) is 42.5 Å². The lowest BCUT2D eigenvalue weighted by atomic mass is 10.1. The molecule has 2 aromatic rings. The van der Waals surface area contributed by atoms with Gasteiger partial charge in [0.1, 0.15) is 0 Å². The lowest BCUT2D eigenvalue weighted by molar-refractivity contribution is 0.0937. The van der Waals surface area contributed by atoms with Crippen molar-refractivity contribution in [3.63, 3.8) is 0 Å². The first-order valence-corrected chi connectivity index (χ1v) is 9.89. The average molecular weight is 430 g/mol. The van der Waals surface area contributed by atoms with Gasteiger partial charge in [-0.05, 0) is 42.3 Å². The topological polar surface area (TPSA) is 81.7 Å². The van der Waals surface area contributed by atoms with Crippen molar-refractivity contribution in [3.05, 3.63) is 63.6 Å². The third kappa shape index (κ3) is 6.19. The van der Waals surface area contributed by atoms with Crippen molar-refractivity contribution in [3.8, 4) is 0 Å². The van der Waals surface area contributed by atoms with E-state index in [-0.39, 0.29) is 12.5 Å². The third-order valence-corrected chi connectivity index (χ3v) is 5.42. The Bertz CT molecular complexity index is 802. The first-order chi connectivity index (χ1) is 12.9. The average Bonchev–Trinajstić information content (AvgIpc) is 2.65. The van der Waals surface area contributed by atoms with E-state index in [0.717, 1.165) is 5.56 Å². The molecule has 0 aliphatic rings. The van der Waals surface area contributed by atoms with Crippen molar-refractivity contribution in [1.82, 2.24) is 5.32 Å². The van der Waals surface area contributed by atoms with Gasteiger partial charge in [0, 0.05) is 42.7 Å². The number of carbonyl (C=O) groups excluding carboxylic acids is 1. The van der Waals surface area contributed by atoms with Crippen molar-refractivity contribution in [2.75, 3.05) is 31.1 Å². The van der Waals surface area contributed by atoms with E-state index in [1.165, 1.54) is 4.31 Å². The first kappa shape index (κ1) is 21.7. The van der Waals surface area contributed by atoms with Crippen molar-refractivity contribution in [1.29, 1.82) is 0 Å². The van der Waals surface area contributed by atoms with E-state index in [1.54, 1.807) is 49.6 Å². The summed E-state index contributed by atoms with van der Waals surface area (Å²) < 4.78 is 29.4. The highest BCUT2D eigenvalue weighted by atomic mass is 35.5. The minimum atomic E-state index is -2.47. The van der Waals surface area contributed by atoms with Crippen LogP contribution in [0, 0.1) is 0 Å². The Morgan fingerprint density at radius 2 is 1.93 bits per heavy atom. The maximum Gasteiger partial charge on any atom is 0.251 e. The molecule has 146 valence electrons. The standard InChI is InChI=1S/C18H20Cl2N2O4S/c1-26-12-10-21-18(23)14-5-7-15(8-6-14)22(27(24)25)11-9-13-3-2-4-16(19)17(13)20/h2-8H,9-12H2,1H3,(H,21,23)(H,24,25)/p-1. The number of amides is 1. The van der Waals surface area contributed by atoms with Crippen LogP contribution >= 0.6 is 23.2 Å². The van der Waals surface area contributed by atoms with Crippen LogP contribution in [0.1, 0.15) is 15.9 Å². The predicted molar refractivity (Wildman–Crippen MR) is 107 cm³/mol. The quantitative estimate of drug-likeness (QED) is 0.489. The highest BCUT2D eigenvalue weighted by Gasteiger charge is 2.12. The Balaban J connectivity index is 2.07. The zero-order chi connectivity index (χ0) is 19.8. The summed E-state index contributed by atoms with van der Waals surface area (Å²) in [6.45, 7) is 1.00. The van der Waals surface area contributed by atoms with Crippen LogP contribution in [0.3, 0.4) is 0 Å². The highest BCUT2D eigenvalue weighted by molar-refractivity contribution is 7.80. The molecule has 1 N–H and O–H groups in total. The van der Waals surface area contributed by atoms with Gasteiger partial charge in [-0.15, -0.1) is 0 Å². The van der Waals surface area contributed by atoms with Crippen molar-refractivity contribution in [2.45, 2.75) is 6.42 Å². The predicted octanol–water partition coefficient (Wildman–Crippen LogP) is 3.21. The molecule has 0 aliphatic carbocycles. The molecule has 0 radical (unpaired) electrons. The number of hydrogen-bond acceptors (Lipinski definition) is 4. The molecular formula is C18H19Cl2N2O4S-. The van der Waals surface area contributed by atoms with Crippen LogP contribution in [0.5, 0.6) is 0 Å². The van der Waals surface area contributed by atoms with E-state index in [4.69, 9.17) is 27.9 Å². The van der Waals surface area contributed by atoms with Gasteiger partial charge in [0.05, 0.1) is 16.7 Å². The van der Waals surface area contributed by atoms with Gasteiger partial charge in [0.15, 0.2) is 0 Å². The van der Waals surface area contributed by atoms with E-state index >= 15 is 0 Å². The Hall–Kier alpha value is -1.64. The van der Waals surface area contributed by atoms with Gasteiger partial charge in [-0.2, -0.15) is 0 Å². The van der Waals surface area contributed by atoms with Gasteiger partial charge in [0.2, 0.25) is 0 Å². The summed E-state index contributed by atoms with van der Waals surface area (Å²) in [6, 6.07) is 11.6. The molecule has 0 spiro atoms. The summed E-state index contributed by atoms with van der Waals surface area (Å²) >= 11 is 9.67. The Labute approximate surface area is 170 Å². The van der Waals surface area contributed by atoms with E-state index in [1.807, 2.05) is 0 Å². The van der Waals surface area contributed by atoms with Gasteiger partial charge < -0.3 is 18.9 Å². The number of ether oxygens (including phenoxy) is 1. The molecule has 0 aliphatic heterocycles. The van der Waals surface area contributed by atoms with Crippen LogP contribution in [0.25, 0.3) is 0 Å². The lowest BCUT2D eigenvalue weighted by Crippen LogP contribution is -2.29. The van der Waals surface area contributed by atoms with Crippen LogP contribution in [-0.2, 0) is 22.4 Å². The zero-order valence-electron chi connectivity index (χ0n) is 14.6. The summed E-state index contributed by atoms with van der Waals surface area (Å²) in [4.78, 5) is 12.0. The van der Waals surface area contributed by atoms with Gasteiger partial charge in [0.25, 0.3) is 5.91 Å². The second-order valence-corrected chi connectivity index (χ2v) is 7.24. The molecule has 0 fully saturated rings. The lowest BCUT2D eigenvalue weighted by Gasteiger charge is -2.26. The SMILES string of the molecule is COCCNC(=O)c1ccc(N(CCc2cccc(Cl)c2Cl)S(=O)[O-])cc1. The minimum absolute atomic E-state index is 0.190. The summed E-state index contributed by atoms with van der Waals surface area (Å²) in [5, 5.41) is 3.54. The van der Waals surface area contributed by atoms with E-state index in [9.17, 15) is 13.6 Å². The van der Waals surface area contributed by atoms with Crippen LogP contribution in [0.2, 0.25) is 10.0 Å². The third-order valence-electron chi connectivity index (χ3n) is 3.80. The Morgan fingerprint density at radius 1 is 1.22 bits per heavy atom. The summed E-state index contributed by atoms with van der Waals surface area (Å²) in [5.41, 5.74) is 1.65. The van der Waals surface area contributed by atoms with Gasteiger partial charge in [-0.25, -0.2) is 0 Å². The number of anilines is 1. The Kier molecular flexibility index (Phi) is 8.53. The summed E-state index contributed by atoms with van der Waals surface area (Å²) in [5.74, 6) is -0.251. The smallest absolute Gasteiger partial charge is 0.251 e. The van der Waals surface area contributed by atoms with E-state index in [0.29, 0.717) is 40.9 Å². The van der Waals surface area contributed by atoms with Gasteiger partial charge in [-0.3, -0.25) is 9.00 Å². The van der Waals surface area contributed by atoms with Gasteiger partial charge in [-0.1, -0.05) is 35.3 Å². The maximum absolute atomic E-state index is 12.0. The Morgan fingerprint density at radius 3 is 2.56 bits per heavy atom. The first-order valence-electron chi connectivity index (χ1n) is 8.11. The second-order valence-electron chi connectivity index (χ2n) is 5.58. The number of nitrogens with one attached hydrogen (secondary N) is 1. The second kappa shape index (κ2) is 10.6. The van der Waals surface area contributed by atoms with Gasteiger partial charge >= 0.3 is 0 Å². The van der Waals surface area contributed by atoms with Crippen molar-refractivity contribution >= 4 is 46.1 Å². The number of benzene rings is 2. The molecule has 0 bridgehead atoms. The molecule has 2 aromatic carbocycles. The molecule has 2 rings (SSSR count). The molecule has 9 heteroatoms. The van der Waals surface area contributed by atoms with Crippen LogP contribution in [0.4, 0.5) is 5.69 Å². The molecule has 1 unspecified atom stereocenters. The minimum Gasteiger partial charge on any atom is -0.755 e. The van der Waals surface area contributed by atoms with Crippen LogP contribution in [-0.4, -0.2) is 41.5 Å². The summed E-state index contributed by atoms with van der Waals surface area (Å²) in [7, 11) is 1.55. The molecule has 6 nitrogen and oxygen atoms in total. The number of nitrogens with zero attached hydrogens (tertiary/aromatic N) is 1. The van der Waals surface area contributed by atoms with Crippen molar-refractivity contribution < 1.29 is 18.3 Å². The molecular weight excluding hydrogens is 411 g/mol. The fraction of sp³-hybridized carbons (Fsp3) is 0.278. The number of halogens is 2. The van der Waals surface area contributed by atoms with Crippen LogP contribution < -0.4 is 9.62 Å². The maximum atomic E-state index is 12.0. The molecule has 0 saturated heterocycles. The van der Waals surface area contributed by atoms with Crippen molar-refractivity contribution in [2.24, 2.45) is 0 Å². The molecule has 0 heterocycles. The van der Waals surface area contributed by atoms with E-state index in [2.05, 4.69) is 5.32 Å². The molecule has 1 atom stereocenters. The normalized spacial score (nSPS) is 11.9. The molecule has 0 saturated carbocycles. The number of carbonyl (C=O) groups is 1. The largest absolute Gasteiger partial charge is 0.755 e. The highest BCUT2D eigenvalue weighted by Crippen LogP contribution is 2.26. The monoisotopic (exact) mass is 429 g/mol. The number of hydrogen-bond donors (Lipinski definition) is 1. The summed E-state index contributed by atoms with van der Waals surface area (Å²) in [6.07, 6.45) is 0.395. The van der Waals surface area contributed by atoms with E-state index < -0.39 is 11.3 Å². The molecule has 1 amide bonds.